The first-order chi connectivity index (χ1) is 16.9. The van der Waals surface area contributed by atoms with Crippen molar-refractivity contribution in [3.05, 3.63) is 95.0 Å². The molecule has 1 rings (SSSR count). The Morgan fingerprint density at radius 3 is 2.77 bits per heavy atom. The molecule has 1 N–H and O–H groups in total. The second kappa shape index (κ2) is 18.5. The number of ether oxygens (including phenoxy) is 1. The number of aliphatic imine (C=N–C) groups is 1. The smallest absolute Gasteiger partial charge is 0.212 e. The highest BCUT2D eigenvalue weighted by molar-refractivity contribution is 7.87. The molecule has 0 radical (unpaired) electrons. The van der Waals surface area contributed by atoms with Gasteiger partial charge in [0.2, 0.25) is 5.90 Å². The SMILES string of the molecule is C=CC(C)N=C(OC/C(=C/C)C/C=C\CC1=CC=C(S(=O)NCC=O)CC=C1)/C(C)=C\C/C=C\C. The third-order valence-electron chi connectivity index (χ3n) is 5.17. The predicted molar refractivity (Wildman–Crippen MR) is 150 cm³/mol. The van der Waals surface area contributed by atoms with Gasteiger partial charge in [-0.05, 0) is 64.2 Å². The lowest BCUT2D eigenvalue weighted by molar-refractivity contribution is -0.106. The van der Waals surface area contributed by atoms with Crippen molar-refractivity contribution in [2.24, 2.45) is 4.99 Å². The first kappa shape index (κ1) is 30.2. The zero-order valence-electron chi connectivity index (χ0n) is 21.5. The number of hydrogen-bond acceptors (Lipinski definition) is 4. The molecular weight excluding hydrogens is 456 g/mol. The van der Waals surface area contributed by atoms with Crippen LogP contribution in [-0.2, 0) is 20.5 Å². The Bertz CT molecular complexity index is 962. The molecule has 1 aliphatic rings. The van der Waals surface area contributed by atoms with E-state index in [9.17, 15) is 9.00 Å². The molecule has 0 fully saturated rings. The third kappa shape index (κ3) is 13.0. The van der Waals surface area contributed by atoms with E-state index in [2.05, 4.69) is 52.7 Å². The Kier molecular flexibility index (Phi) is 16.0. The Balaban J connectivity index is 2.69. The second-order valence-corrected chi connectivity index (χ2v) is 9.33. The third-order valence-corrected chi connectivity index (χ3v) is 6.38. The number of aldehydes is 1. The first-order valence-corrected chi connectivity index (χ1v) is 13.2. The van der Waals surface area contributed by atoms with Crippen LogP contribution >= 0.6 is 0 Å². The van der Waals surface area contributed by atoms with Gasteiger partial charge >= 0.3 is 0 Å². The van der Waals surface area contributed by atoms with E-state index in [4.69, 9.17) is 4.74 Å². The van der Waals surface area contributed by atoms with E-state index in [1.54, 1.807) is 6.08 Å². The van der Waals surface area contributed by atoms with Crippen molar-refractivity contribution in [2.75, 3.05) is 13.2 Å². The summed E-state index contributed by atoms with van der Waals surface area (Å²) in [6.45, 7) is 12.4. The lowest BCUT2D eigenvalue weighted by Gasteiger charge is -2.13. The monoisotopic (exact) mass is 496 g/mol. The maximum Gasteiger partial charge on any atom is 0.212 e. The molecule has 1 aliphatic carbocycles. The van der Waals surface area contributed by atoms with Crippen LogP contribution in [0.5, 0.6) is 0 Å². The number of rotatable bonds is 15. The Morgan fingerprint density at radius 1 is 1.29 bits per heavy atom. The van der Waals surface area contributed by atoms with Crippen LogP contribution in [0.15, 0.2) is 100 Å². The maximum atomic E-state index is 12.1. The van der Waals surface area contributed by atoms with Crippen LogP contribution in [0.4, 0.5) is 0 Å². The zero-order valence-corrected chi connectivity index (χ0v) is 22.4. The fourth-order valence-electron chi connectivity index (χ4n) is 2.96. The highest BCUT2D eigenvalue weighted by Crippen LogP contribution is 2.17. The van der Waals surface area contributed by atoms with E-state index >= 15 is 0 Å². The van der Waals surface area contributed by atoms with E-state index in [0.717, 1.165) is 35.3 Å². The van der Waals surface area contributed by atoms with Crippen molar-refractivity contribution in [1.82, 2.24) is 4.72 Å². The van der Waals surface area contributed by atoms with E-state index in [-0.39, 0.29) is 12.6 Å². The molecular formula is C29H40N2O3S. The quantitative estimate of drug-likeness (QED) is 0.124. The molecule has 2 unspecified atom stereocenters. The molecule has 0 aliphatic heterocycles. The van der Waals surface area contributed by atoms with Gasteiger partial charge in [-0.2, -0.15) is 0 Å². The molecule has 0 aromatic rings. The lowest BCUT2D eigenvalue weighted by Crippen LogP contribution is -2.20. The standard InChI is InChI=1S/C29H40N2O3S/c1-6-9-10-14-24(4)29(31-25(5)7-2)34-23-26(8-3)15-11-12-16-27-17-13-18-28(20-19-27)35(33)30-21-22-32/h6-9,11-14,17,19-20,22,25,30H,2,10,15-16,18,21,23H2,1,3-5H3/b9-6-,12-11-,24-14-,26-8+,31-29?. The normalized spacial score (nSPS) is 17.2. The summed E-state index contributed by atoms with van der Waals surface area (Å²) in [5.74, 6) is 0.654. The molecule has 5 nitrogen and oxygen atoms in total. The van der Waals surface area contributed by atoms with Gasteiger partial charge in [0.1, 0.15) is 23.9 Å². The minimum absolute atomic E-state index is 0.0160. The number of hydrogen-bond donors (Lipinski definition) is 1. The second-order valence-electron chi connectivity index (χ2n) is 7.98. The van der Waals surface area contributed by atoms with Gasteiger partial charge in [-0.25, -0.2) is 13.9 Å². The van der Waals surface area contributed by atoms with E-state index in [1.807, 2.05) is 52.0 Å². The van der Waals surface area contributed by atoms with Crippen LogP contribution in [0, 0.1) is 0 Å². The molecule has 0 saturated carbocycles. The van der Waals surface area contributed by atoms with Gasteiger partial charge in [-0.15, -0.1) is 6.58 Å². The number of nitrogens with zero attached hydrogens (tertiary/aromatic N) is 1. The van der Waals surface area contributed by atoms with Crippen molar-refractivity contribution in [3.8, 4) is 0 Å². The summed E-state index contributed by atoms with van der Waals surface area (Å²) in [6, 6.07) is -0.0160. The summed E-state index contributed by atoms with van der Waals surface area (Å²) < 4.78 is 20.9. The topological polar surface area (TPSA) is 67.8 Å². The predicted octanol–water partition coefficient (Wildman–Crippen LogP) is 6.39. The van der Waals surface area contributed by atoms with Gasteiger partial charge in [0.05, 0.1) is 12.6 Å². The van der Waals surface area contributed by atoms with Crippen LogP contribution in [0.1, 0.15) is 53.4 Å². The molecule has 35 heavy (non-hydrogen) atoms. The fraction of sp³-hybridized carbons (Fsp3) is 0.379. The number of carbonyl (C=O) groups excluding carboxylic acids is 1. The van der Waals surface area contributed by atoms with Crippen molar-refractivity contribution < 1.29 is 13.7 Å². The largest absolute Gasteiger partial charge is 0.473 e. The Labute approximate surface area is 214 Å². The average Bonchev–Trinajstić information content (AvgIpc) is 3.11. The molecule has 0 spiro atoms. The Hall–Kier alpha value is -2.83. The van der Waals surface area contributed by atoms with Crippen molar-refractivity contribution in [2.45, 2.75) is 59.4 Å². The lowest BCUT2D eigenvalue weighted by atomic mass is 10.1. The van der Waals surface area contributed by atoms with Gasteiger partial charge in [0, 0.05) is 16.9 Å². The highest BCUT2D eigenvalue weighted by Gasteiger charge is 2.08. The summed E-state index contributed by atoms with van der Waals surface area (Å²) in [5.41, 5.74) is 3.33. The molecule has 190 valence electrons. The molecule has 0 saturated heterocycles. The van der Waals surface area contributed by atoms with E-state index in [1.165, 1.54) is 5.57 Å². The molecule has 6 heteroatoms. The fourth-order valence-corrected chi connectivity index (χ4v) is 3.80. The van der Waals surface area contributed by atoms with Crippen molar-refractivity contribution in [1.29, 1.82) is 0 Å². The molecule has 0 amide bonds. The summed E-state index contributed by atoms with van der Waals surface area (Å²) in [7, 11) is -1.34. The summed E-state index contributed by atoms with van der Waals surface area (Å²) in [5, 5.41) is 0. The molecule has 0 aromatic heterocycles. The van der Waals surface area contributed by atoms with Gasteiger partial charge in [-0.3, -0.25) is 0 Å². The molecule has 0 aromatic carbocycles. The number of allylic oxidation sites excluding steroid dienone is 12. The maximum absolute atomic E-state index is 12.1. The summed E-state index contributed by atoms with van der Waals surface area (Å²) >= 11 is 0. The van der Waals surface area contributed by atoms with E-state index < -0.39 is 11.0 Å². The van der Waals surface area contributed by atoms with Crippen molar-refractivity contribution >= 4 is 23.2 Å². The molecule has 2 atom stereocenters. The minimum atomic E-state index is -1.34. The van der Waals surface area contributed by atoms with Crippen LogP contribution in [0.3, 0.4) is 0 Å². The van der Waals surface area contributed by atoms with Crippen LogP contribution in [-0.4, -0.2) is 35.6 Å². The summed E-state index contributed by atoms with van der Waals surface area (Å²) in [6.07, 6.45) is 26.0. The van der Waals surface area contributed by atoms with Gasteiger partial charge in [0.25, 0.3) is 0 Å². The van der Waals surface area contributed by atoms with Crippen molar-refractivity contribution in [3.63, 3.8) is 0 Å². The van der Waals surface area contributed by atoms with Gasteiger partial charge < -0.3 is 9.53 Å². The average molecular weight is 497 g/mol. The van der Waals surface area contributed by atoms with Crippen LogP contribution in [0.25, 0.3) is 0 Å². The number of nitrogens with one attached hydrogen (secondary N) is 1. The highest BCUT2D eigenvalue weighted by atomic mass is 32.2. The summed E-state index contributed by atoms with van der Waals surface area (Å²) in [4.78, 5) is 15.9. The number of carbonyl (C=O) groups is 1. The molecule has 0 bridgehead atoms. The molecule has 0 heterocycles. The van der Waals surface area contributed by atoms with Gasteiger partial charge in [0.15, 0.2) is 0 Å². The van der Waals surface area contributed by atoms with E-state index in [0.29, 0.717) is 25.2 Å². The van der Waals surface area contributed by atoms with Gasteiger partial charge in [-0.1, -0.05) is 60.8 Å². The van der Waals surface area contributed by atoms with Crippen LogP contribution in [0.2, 0.25) is 0 Å². The first-order valence-electron chi connectivity index (χ1n) is 12.0. The Morgan fingerprint density at radius 2 is 2.09 bits per heavy atom. The van der Waals surface area contributed by atoms with Crippen LogP contribution < -0.4 is 4.72 Å². The minimum Gasteiger partial charge on any atom is -0.473 e. The zero-order chi connectivity index (χ0) is 25.9.